The smallest absolute Gasteiger partial charge is 0.373 e. The molecule has 1 aromatic carbocycles. The Labute approximate surface area is 118 Å². The maximum atomic E-state index is 5.63. The Bertz CT molecular complexity index is 406. The topological polar surface area (TPSA) is 27.7 Å². The molecule has 0 heterocycles. The fourth-order valence-corrected chi connectivity index (χ4v) is 4.93. The van der Waals surface area contributed by atoms with Crippen LogP contribution in [0.4, 0.5) is 0 Å². The second-order valence-corrected chi connectivity index (χ2v) is 7.33. The molecule has 0 aliphatic carbocycles. The van der Waals surface area contributed by atoms with Gasteiger partial charge in [0.25, 0.3) is 0 Å². The molecular weight excluding hydrogens is 256 g/mol. The quantitative estimate of drug-likeness (QED) is 0.719. The van der Waals surface area contributed by atoms with E-state index in [1.807, 2.05) is 0 Å². The van der Waals surface area contributed by atoms with Crippen molar-refractivity contribution >= 4 is 14.0 Å². The number of aryl methyl sites for hydroxylation is 1. The zero-order valence-electron chi connectivity index (χ0n) is 13.0. The van der Waals surface area contributed by atoms with Crippen molar-refractivity contribution in [1.82, 2.24) is 0 Å². The Balaban J connectivity index is 3.51. The van der Waals surface area contributed by atoms with E-state index in [-0.39, 0.29) is 0 Å². The maximum absolute atomic E-state index is 5.63. The highest BCUT2D eigenvalue weighted by atomic mass is 28.4. The zero-order valence-corrected chi connectivity index (χ0v) is 14.0. The van der Waals surface area contributed by atoms with Crippen LogP contribution in [0.3, 0.4) is 0 Å². The summed E-state index contributed by atoms with van der Waals surface area (Å²) in [7, 11) is 2.25. The largest absolute Gasteiger partial charge is 0.536 e. The summed E-state index contributed by atoms with van der Waals surface area (Å²) in [6.45, 7) is 6.58. The van der Waals surface area contributed by atoms with E-state index in [2.05, 4.69) is 32.9 Å². The van der Waals surface area contributed by atoms with Crippen molar-refractivity contribution in [2.75, 3.05) is 21.3 Å². The van der Waals surface area contributed by atoms with E-state index in [9.17, 15) is 0 Å². The molecule has 0 fully saturated rings. The molecule has 1 aromatic rings. The Kier molecular flexibility index (Phi) is 6.20. The molecule has 4 heteroatoms. The van der Waals surface area contributed by atoms with Crippen LogP contribution in [-0.2, 0) is 32.5 Å². The average molecular weight is 282 g/mol. The molecule has 0 unspecified atom stereocenters. The van der Waals surface area contributed by atoms with Crippen molar-refractivity contribution in [3.63, 3.8) is 0 Å². The molecule has 0 amide bonds. The van der Waals surface area contributed by atoms with E-state index in [0.29, 0.717) is 0 Å². The molecule has 0 bridgehead atoms. The minimum absolute atomic E-state index is 0.969. The molecule has 108 valence electrons. The van der Waals surface area contributed by atoms with Crippen LogP contribution >= 0.6 is 0 Å². The highest BCUT2D eigenvalue weighted by Crippen LogP contribution is 2.20. The second-order valence-electron chi connectivity index (χ2n) is 4.46. The lowest BCUT2D eigenvalue weighted by Crippen LogP contribution is -2.56. The van der Waals surface area contributed by atoms with Gasteiger partial charge in [-0.3, -0.25) is 0 Å². The Morgan fingerprint density at radius 2 is 1.32 bits per heavy atom. The van der Waals surface area contributed by atoms with Crippen LogP contribution in [0.5, 0.6) is 0 Å². The van der Waals surface area contributed by atoms with Gasteiger partial charge in [-0.15, -0.1) is 0 Å². The van der Waals surface area contributed by atoms with Gasteiger partial charge in [0.05, 0.1) is 0 Å². The molecule has 0 aromatic heterocycles. The highest BCUT2D eigenvalue weighted by molar-refractivity contribution is 6.75. The first-order valence-electron chi connectivity index (χ1n) is 6.93. The van der Waals surface area contributed by atoms with Crippen LogP contribution in [0.2, 0.25) is 0 Å². The minimum Gasteiger partial charge on any atom is -0.373 e. The van der Waals surface area contributed by atoms with Crippen molar-refractivity contribution in [3.8, 4) is 0 Å². The molecule has 0 atom stereocenters. The fraction of sp³-hybridized carbons (Fsp3) is 0.600. The van der Waals surface area contributed by atoms with E-state index in [1.165, 1.54) is 16.7 Å². The molecule has 0 saturated carbocycles. The average Bonchev–Trinajstić information content (AvgIpc) is 2.48. The van der Waals surface area contributed by atoms with Crippen LogP contribution in [0, 0.1) is 0 Å². The normalized spacial score (nSPS) is 11.9. The van der Waals surface area contributed by atoms with Gasteiger partial charge in [-0.05, 0) is 36.0 Å². The van der Waals surface area contributed by atoms with Gasteiger partial charge in [-0.25, -0.2) is 0 Å². The molecule has 3 nitrogen and oxygen atoms in total. The number of hydrogen-bond acceptors (Lipinski definition) is 3. The minimum atomic E-state index is -2.74. The summed E-state index contributed by atoms with van der Waals surface area (Å²) in [4.78, 5) is 0. The SMILES string of the molecule is CCc1ccc([Si](OC)(OC)OC)c(CC)c1CC. The van der Waals surface area contributed by atoms with Gasteiger partial charge < -0.3 is 13.3 Å². The van der Waals surface area contributed by atoms with Crippen molar-refractivity contribution < 1.29 is 13.3 Å². The van der Waals surface area contributed by atoms with E-state index in [1.54, 1.807) is 21.3 Å². The van der Waals surface area contributed by atoms with Gasteiger partial charge >= 0.3 is 8.80 Å². The third kappa shape index (κ3) is 2.92. The van der Waals surface area contributed by atoms with E-state index in [0.717, 1.165) is 24.4 Å². The molecule has 0 radical (unpaired) electrons. The highest BCUT2D eigenvalue weighted by Gasteiger charge is 2.42. The van der Waals surface area contributed by atoms with Gasteiger partial charge in [-0.2, -0.15) is 0 Å². The molecule has 1 rings (SSSR count). The lowest BCUT2D eigenvalue weighted by Gasteiger charge is -2.28. The molecule has 19 heavy (non-hydrogen) atoms. The first-order valence-corrected chi connectivity index (χ1v) is 8.65. The molecule has 0 saturated heterocycles. The molecule has 0 aliphatic heterocycles. The van der Waals surface area contributed by atoms with Gasteiger partial charge in [0.2, 0.25) is 0 Å². The molecule has 0 aliphatic rings. The van der Waals surface area contributed by atoms with Gasteiger partial charge in [-0.1, -0.05) is 32.9 Å². The lowest BCUT2D eigenvalue weighted by atomic mass is 9.95. The summed E-state index contributed by atoms with van der Waals surface area (Å²) >= 11 is 0. The monoisotopic (exact) mass is 282 g/mol. The molecule has 0 spiro atoms. The van der Waals surface area contributed by atoms with Gasteiger partial charge in [0.1, 0.15) is 0 Å². The van der Waals surface area contributed by atoms with Gasteiger partial charge in [0.15, 0.2) is 0 Å². The third-order valence-corrected chi connectivity index (χ3v) is 6.49. The predicted octanol–water partition coefficient (Wildman–Crippen LogP) is 2.46. The summed E-state index contributed by atoms with van der Waals surface area (Å²) < 4.78 is 16.9. The van der Waals surface area contributed by atoms with E-state index >= 15 is 0 Å². The van der Waals surface area contributed by atoms with Crippen molar-refractivity contribution in [2.24, 2.45) is 0 Å². The zero-order chi connectivity index (χ0) is 14.5. The summed E-state index contributed by atoms with van der Waals surface area (Å²) in [5.41, 5.74) is 4.17. The van der Waals surface area contributed by atoms with E-state index in [4.69, 9.17) is 13.3 Å². The Hall–Kier alpha value is -0.683. The molecule has 0 N–H and O–H groups in total. The van der Waals surface area contributed by atoms with Gasteiger partial charge in [0, 0.05) is 26.5 Å². The lowest BCUT2D eigenvalue weighted by molar-refractivity contribution is 0.140. The number of benzene rings is 1. The van der Waals surface area contributed by atoms with Crippen LogP contribution < -0.4 is 5.19 Å². The summed E-state index contributed by atoms with van der Waals surface area (Å²) in [6, 6.07) is 4.31. The fourth-order valence-electron chi connectivity index (χ4n) is 2.78. The van der Waals surface area contributed by atoms with Crippen LogP contribution in [0.1, 0.15) is 37.5 Å². The first-order chi connectivity index (χ1) is 9.13. The summed E-state index contributed by atoms with van der Waals surface area (Å²) in [5.74, 6) is 0. The Morgan fingerprint density at radius 1 is 0.789 bits per heavy atom. The maximum Gasteiger partial charge on any atom is 0.536 e. The summed E-state index contributed by atoms with van der Waals surface area (Å²) in [5, 5.41) is 1.11. The second kappa shape index (κ2) is 7.19. The van der Waals surface area contributed by atoms with E-state index < -0.39 is 8.80 Å². The summed E-state index contributed by atoms with van der Waals surface area (Å²) in [6.07, 6.45) is 3.05. The van der Waals surface area contributed by atoms with Crippen LogP contribution in [0.15, 0.2) is 12.1 Å². The Morgan fingerprint density at radius 3 is 1.68 bits per heavy atom. The van der Waals surface area contributed by atoms with Crippen molar-refractivity contribution in [3.05, 3.63) is 28.8 Å². The third-order valence-electron chi connectivity index (χ3n) is 3.75. The van der Waals surface area contributed by atoms with Crippen molar-refractivity contribution in [2.45, 2.75) is 40.0 Å². The predicted molar refractivity (Wildman–Crippen MR) is 81.0 cm³/mol. The first kappa shape index (κ1) is 16.4. The molecular formula is C15H26O3Si. The van der Waals surface area contributed by atoms with Crippen molar-refractivity contribution in [1.29, 1.82) is 0 Å². The van der Waals surface area contributed by atoms with Crippen LogP contribution in [-0.4, -0.2) is 30.1 Å². The van der Waals surface area contributed by atoms with Crippen LogP contribution in [0.25, 0.3) is 0 Å². The standard InChI is InChI=1S/C15H26O3Si/c1-7-12-10-11-15(14(9-3)13(12)8-2)19(16-4,17-5)18-6/h10-11H,7-9H2,1-6H3. The number of rotatable bonds is 7. The number of hydrogen-bond donors (Lipinski definition) is 0.